The molecule has 1 aromatic heterocycles. The summed E-state index contributed by atoms with van der Waals surface area (Å²) in [5.74, 6) is 1.21. The molecule has 0 spiro atoms. The van der Waals surface area contributed by atoms with Crippen molar-refractivity contribution in [1.29, 1.82) is 0 Å². The molecule has 1 N–H and O–H groups in total. The van der Waals surface area contributed by atoms with Crippen LogP contribution in [0.25, 0.3) is 0 Å². The summed E-state index contributed by atoms with van der Waals surface area (Å²) in [5, 5.41) is 9.03. The van der Waals surface area contributed by atoms with E-state index in [4.69, 9.17) is 9.52 Å². The number of hydrogen-bond acceptors (Lipinski definition) is 4. The van der Waals surface area contributed by atoms with Crippen molar-refractivity contribution in [3.63, 3.8) is 0 Å². The molecular formula is C13H21NO4S. The van der Waals surface area contributed by atoms with Crippen LogP contribution in [0.15, 0.2) is 15.4 Å². The highest BCUT2D eigenvalue weighted by Crippen LogP contribution is 2.27. The van der Waals surface area contributed by atoms with Gasteiger partial charge in [0, 0.05) is 19.2 Å². The van der Waals surface area contributed by atoms with Crippen molar-refractivity contribution in [3.05, 3.63) is 17.6 Å². The quantitative estimate of drug-likeness (QED) is 0.921. The van der Waals surface area contributed by atoms with Crippen LogP contribution in [0, 0.1) is 12.8 Å². The van der Waals surface area contributed by atoms with Crippen LogP contribution in [0.2, 0.25) is 0 Å². The Morgan fingerprint density at radius 1 is 1.42 bits per heavy atom. The topological polar surface area (TPSA) is 70.8 Å². The SMILES string of the molecule is Cc1oc(CO)cc1S(=O)(=O)N1CCCC(C)CC1. The lowest BCUT2D eigenvalue weighted by Crippen LogP contribution is -2.32. The van der Waals surface area contributed by atoms with E-state index in [2.05, 4.69) is 6.92 Å². The fraction of sp³-hybridized carbons (Fsp3) is 0.692. The maximum Gasteiger partial charge on any atom is 0.246 e. The number of nitrogens with zero attached hydrogens (tertiary/aromatic N) is 1. The van der Waals surface area contributed by atoms with Crippen LogP contribution in [-0.4, -0.2) is 30.9 Å². The van der Waals surface area contributed by atoms with Crippen molar-refractivity contribution in [3.8, 4) is 0 Å². The van der Waals surface area contributed by atoms with Crippen LogP contribution in [0.3, 0.4) is 0 Å². The molecule has 1 atom stereocenters. The molecule has 1 unspecified atom stereocenters. The molecule has 5 nitrogen and oxygen atoms in total. The van der Waals surface area contributed by atoms with Gasteiger partial charge in [-0.25, -0.2) is 8.42 Å². The van der Waals surface area contributed by atoms with Gasteiger partial charge in [0.25, 0.3) is 0 Å². The van der Waals surface area contributed by atoms with Gasteiger partial charge in [0.15, 0.2) is 0 Å². The average Bonchev–Trinajstić information content (AvgIpc) is 2.60. The smallest absolute Gasteiger partial charge is 0.246 e. The molecule has 0 amide bonds. The molecule has 0 aliphatic carbocycles. The molecule has 6 heteroatoms. The van der Waals surface area contributed by atoms with E-state index >= 15 is 0 Å². The Kier molecular flexibility index (Phi) is 4.32. The lowest BCUT2D eigenvalue weighted by molar-refractivity contribution is 0.244. The van der Waals surface area contributed by atoms with E-state index in [-0.39, 0.29) is 11.5 Å². The molecule has 0 aromatic carbocycles. The Hall–Kier alpha value is -0.850. The van der Waals surface area contributed by atoms with Gasteiger partial charge in [-0.2, -0.15) is 4.31 Å². The zero-order valence-electron chi connectivity index (χ0n) is 11.4. The van der Waals surface area contributed by atoms with E-state index in [0.717, 1.165) is 19.3 Å². The van der Waals surface area contributed by atoms with E-state index in [1.54, 1.807) is 6.92 Å². The summed E-state index contributed by atoms with van der Waals surface area (Å²) in [7, 11) is -3.50. The lowest BCUT2D eigenvalue weighted by atomic mass is 10.0. The molecule has 0 saturated carbocycles. The minimum atomic E-state index is -3.50. The van der Waals surface area contributed by atoms with Gasteiger partial charge >= 0.3 is 0 Å². The van der Waals surface area contributed by atoms with E-state index in [0.29, 0.717) is 30.5 Å². The molecule has 19 heavy (non-hydrogen) atoms. The molecule has 2 rings (SSSR count). The Bertz CT molecular complexity index is 535. The van der Waals surface area contributed by atoms with Gasteiger partial charge in [-0.15, -0.1) is 0 Å². The monoisotopic (exact) mass is 287 g/mol. The van der Waals surface area contributed by atoms with Crippen molar-refractivity contribution >= 4 is 10.0 Å². The zero-order valence-corrected chi connectivity index (χ0v) is 12.2. The number of aryl methyl sites for hydroxylation is 1. The van der Waals surface area contributed by atoms with Crippen molar-refractivity contribution in [2.45, 2.75) is 44.6 Å². The van der Waals surface area contributed by atoms with Gasteiger partial charge in [0.05, 0.1) is 0 Å². The summed E-state index contributed by atoms with van der Waals surface area (Å²) < 4.78 is 31.9. The highest BCUT2D eigenvalue weighted by molar-refractivity contribution is 7.89. The summed E-state index contributed by atoms with van der Waals surface area (Å²) in [5.41, 5.74) is 0. The first-order valence-electron chi connectivity index (χ1n) is 6.65. The van der Waals surface area contributed by atoms with E-state index < -0.39 is 10.0 Å². The summed E-state index contributed by atoms with van der Waals surface area (Å²) in [4.78, 5) is 0.186. The van der Waals surface area contributed by atoms with Crippen LogP contribution in [-0.2, 0) is 16.6 Å². The van der Waals surface area contributed by atoms with Crippen molar-refractivity contribution < 1.29 is 17.9 Å². The van der Waals surface area contributed by atoms with Gasteiger partial charge in [-0.3, -0.25) is 0 Å². The Morgan fingerprint density at radius 3 is 2.79 bits per heavy atom. The minimum absolute atomic E-state index is 0.186. The van der Waals surface area contributed by atoms with Gasteiger partial charge in [0.2, 0.25) is 10.0 Å². The highest BCUT2D eigenvalue weighted by Gasteiger charge is 2.30. The lowest BCUT2D eigenvalue weighted by Gasteiger charge is -2.19. The molecule has 0 bridgehead atoms. The van der Waals surface area contributed by atoms with Crippen LogP contribution < -0.4 is 0 Å². The number of aliphatic hydroxyl groups is 1. The van der Waals surface area contributed by atoms with Crippen LogP contribution in [0.5, 0.6) is 0 Å². The zero-order chi connectivity index (χ0) is 14.0. The second kappa shape index (κ2) is 5.64. The molecule has 1 aliphatic heterocycles. The Balaban J connectivity index is 2.28. The van der Waals surface area contributed by atoms with Crippen LogP contribution in [0.4, 0.5) is 0 Å². The largest absolute Gasteiger partial charge is 0.462 e. The first-order valence-corrected chi connectivity index (χ1v) is 8.09. The summed E-state index contributed by atoms with van der Waals surface area (Å²) in [6, 6.07) is 1.43. The third-order valence-electron chi connectivity index (χ3n) is 3.67. The summed E-state index contributed by atoms with van der Waals surface area (Å²) in [6.45, 7) is 4.61. The van der Waals surface area contributed by atoms with Crippen molar-refractivity contribution in [2.75, 3.05) is 13.1 Å². The standard InChI is InChI=1S/C13H21NO4S/c1-10-4-3-6-14(7-5-10)19(16,17)13-8-12(9-15)18-11(13)2/h8,10,15H,3-7,9H2,1-2H3. The van der Waals surface area contributed by atoms with Crippen LogP contribution >= 0.6 is 0 Å². The second-order valence-electron chi connectivity index (χ2n) is 5.23. The average molecular weight is 287 g/mol. The van der Waals surface area contributed by atoms with Crippen molar-refractivity contribution in [2.24, 2.45) is 5.92 Å². The predicted molar refractivity (Wildman–Crippen MR) is 71.1 cm³/mol. The van der Waals surface area contributed by atoms with E-state index in [1.165, 1.54) is 10.4 Å². The number of furan rings is 1. The highest BCUT2D eigenvalue weighted by atomic mass is 32.2. The minimum Gasteiger partial charge on any atom is -0.462 e. The van der Waals surface area contributed by atoms with Gasteiger partial charge in [0.1, 0.15) is 23.0 Å². The molecule has 1 fully saturated rings. The van der Waals surface area contributed by atoms with Gasteiger partial charge < -0.3 is 9.52 Å². The molecule has 108 valence electrons. The van der Waals surface area contributed by atoms with Crippen molar-refractivity contribution in [1.82, 2.24) is 4.31 Å². The number of hydrogen-bond donors (Lipinski definition) is 1. The molecule has 1 aromatic rings. The Morgan fingerprint density at radius 2 is 2.16 bits per heavy atom. The molecule has 1 aliphatic rings. The van der Waals surface area contributed by atoms with Gasteiger partial charge in [-0.1, -0.05) is 6.92 Å². The van der Waals surface area contributed by atoms with Crippen LogP contribution in [0.1, 0.15) is 37.7 Å². The molecule has 0 radical (unpaired) electrons. The predicted octanol–water partition coefficient (Wildman–Crippen LogP) is 1.89. The van der Waals surface area contributed by atoms with E-state index in [9.17, 15) is 8.42 Å². The summed E-state index contributed by atoms with van der Waals surface area (Å²) in [6.07, 6.45) is 2.85. The third-order valence-corrected chi connectivity index (χ3v) is 5.68. The number of aliphatic hydroxyl groups excluding tert-OH is 1. The molecular weight excluding hydrogens is 266 g/mol. The second-order valence-corrected chi connectivity index (χ2v) is 7.14. The maximum absolute atomic E-state index is 12.6. The maximum atomic E-state index is 12.6. The summed E-state index contributed by atoms with van der Waals surface area (Å²) >= 11 is 0. The number of sulfonamides is 1. The fourth-order valence-corrected chi connectivity index (χ4v) is 4.15. The third kappa shape index (κ3) is 3.01. The first-order chi connectivity index (χ1) is 8.95. The molecule has 1 saturated heterocycles. The molecule has 2 heterocycles. The fourth-order valence-electron chi connectivity index (χ4n) is 2.47. The normalized spacial score (nSPS) is 22.4. The Labute approximate surface area is 114 Å². The first kappa shape index (κ1) is 14.6. The number of rotatable bonds is 3. The van der Waals surface area contributed by atoms with Gasteiger partial charge in [-0.05, 0) is 32.1 Å². The van der Waals surface area contributed by atoms with E-state index in [1.807, 2.05) is 0 Å².